The van der Waals surface area contributed by atoms with Crippen molar-refractivity contribution in [2.75, 3.05) is 0 Å². The topological polar surface area (TPSA) is 22.0 Å². The molecule has 0 atom stereocenters. The average molecular weight is 253 g/mol. The van der Waals surface area contributed by atoms with Gasteiger partial charge in [-0.3, -0.25) is 4.79 Å². The molecule has 0 saturated carbocycles. The quantitative estimate of drug-likeness (QED) is 0.769. The molecule has 0 bridgehead atoms. The molecule has 0 aliphatic carbocycles. The Labute approximate surface area is 102 Å². The van der Waals surface area contributed by atoms with Crippen LogP contribution in [0.4, 0.5) is 13.2 Å². The van der Waals surface area contributed by atoms with Gasteiger partial charge in [-0.25, -0.2) is 0 Å². The lowest BCUT2D eigenvalue weighted by Gasteiger charge is -2.08. The maximum Gasteiger partial charge on any atom is 0.416 e. The highest BCUT2D eigenvalue weighted by Gasteiger charge is 2.29. The van der Waals surface area contributed by atoms with Crippen LogP contribution in [0.3, 0.4) is 0 Å². The van der Waals surface area contributed by atoms with Crippen molar-refractivity contribution in [2.24, 2.45) is 0 Å². The van der Waals surface area contributed by atoms with Gasteiger partial charge in [0.2, 0.25) is 0 Å². The SMILES string of the molecule is O=Cc1ccn(Cc2ccc(C(F)(F)F)cc2)c1. The van der Waals surface area contributed by atoms with Crippen molar-refractivity contribution in [3.8, 4) is 0 Å². The van der Waals surface area contributed by atoms with Crippen molar-refractivity contribution >= 4 is 6.29 Å². The summed E-state index contributed by atoms with van der Waals surface area (Å²) in [6.45, 7) is 0.436. The predicted octanol–water partition coefficient (Wildman–Crippen LogP) is 3.37. The number of hydrogen-bond donors (Lipinski definition) is 0. The summed E-state index contributed by atoms with van der Waals surface area (Å²) in [4.78, 5) is 10.5. The molecule has 1 aromatic heterocycles. The Morgan fingerprint density at radius 2 is 1.78 bits per heavy atom. The summed E-state index contributed by atoms with van der Waals surface area (Å²) in [6, 6.07) is 6.63. The number of halogens is 3. The van der Waals surface area contributed by atoms with E-state index in [2.05, 4.69) is 0 Å². The zero-order valence-electron chi connectivity index (χ0n) is 9.32. The Hall–Kier alpha value is -2.04. The average Bonchev–Trinajstić information content (AvgIpc) is 2.76. The third kappa shape index (κ3) is 2.80. The van der Waals surface area contributed by atoms with Gasteiger partial charge in [0, 0.05) is 24.5 Å². The summed E-state index contributed by atoms with van der Waals surface area (Å²) in [5.41, 5.74) is 0.630. The third-order valence-electron chi connectivity index (χ3n) is 2.56. The minimum Gasteiger partial charge on any atom is -0.349 e. The number of benzene rings is 1. The van der Waals surface area contributed by atoms with E-state index in [1.54, 1.807) is 23.0 Å². The number of aldehydes is 1. The predicted molar refractivity (Wildman–Crippen MR) is 60.4 cm³/mol. The van der Waals surface area contributed by atoms with Crippen molar-refractivity contribution in [1.29, 1.82) is 0 Å². The van der Waals surface area contributed by atoms with Crippen LogP contribution in [0, 0.1) is 0 Å². The van der Waals surface area contributed by atoms with Gasteiger partial charge < -0.3 is 4.57 Å². The molecule has 1 heterocycles. The van der Waals surface area contributed by atoms with E-state index in [-0.39, 0.29) is 0 Å². The minimum absolute atomic E-state index is 0.436. The summed E-state index contributed by atoms with van der Waals surface area (Å²) in [5, 5.41) is 0. The first-order valence-electron chi connectivity index (χ1n) is 5.26. The number of carbonyl (C=O) groups is 1. The number of nitrogens with zero attached hydrogens (tertiary/aromatic N) is 1. The Kier molecular flexibility index (Phi) is 3.23. The van der Waals surface area contributed by atoms with Gasteiger partial charge >= 0.3 is 6.18 Å². The molecule has 5 heteroatoms. The molecule has 18 heavy (non-hydrogen) atoms. The first-order valence-corrected chi connectivity index (χ1v) is 5.26. The zero-order valence-corrected chi connectivity index (χ0v) is 9.32. The van der Waals surface area contributed by atoms with Crippen molar-refractivity contribution in [1.82, 2.24) is 4.57 Å². The van der Waals surface area contributed by atoms with E-state index in [0.29, 0.717) is 12.1 Å². The van der Waals surface area contributed by atoms with Gasteiger partial charge in [0.25, 0.3) is 0 Å². The molecule has 2 rings (SSSR count). The smallest absolute Gasteiger partial charge is 0.349 e. The van der Waals surface area contributed by atoms with E-state index in [1.165, 1.54) is 12.1 Å². The Morgan fingerprint density at radius 1 is 1.11 bits per heavy atom. The van der Waals surface area contributed by atoms with Crippen molar-refractivity contribution in [3.05, 3.63) is 59.4 Å². The molecule has 1 aromatic carbocycles. The second kappa shape index (κ2) is 4.68. The van der Waals surface area contributed by atoms with Crippen LogP contribution in [0.1, 0.15) is 21.5 Å². The molecular formula is C13H10F3NO. The fourth-order valence-corrected chi connectivity index (χ4v) is 1.64. The maximum atomic E-state index is 12.4. The fourth-order valence-electron chi connectivity index (χ4n) is 1.64. The first-order chi connectivity index (χ1) is 8.49. The first kappa shape index (κ1) is 12.4. The van der Waals surface area contributed by atoms with Crippen LogP contribution < -0.4 is 0 Å². The van der Waals surface area contributed by atoms with E-state index < -0.39 is 11.7 Å². The highest BCUT2D eigenvalue weighted by atomic mass is 19.4. The molecule has 0 saturated heterocycles. The van der Waals surface area contributed by atoms with E-state index in [9.17, 15) is 18.0 Å². The molecule has 94 valence electrons. The number of hydrogen-bond acceptors (Lipinski definition) is 1. The van der Waals surface area contributed by atoms with Crippen LogP contribution in [0.15, 0.2) is 42.7 Å². The van der Waals surface area contributed by atoms with Crippen molar-refractivity contribution < 1.29 is 18.0 Å². The van der Waals surface area contributed by atoms with E-state index in [0.717, 1.165) is 24.0 Å². The van der Waals surface area contributed by atoms with Crippen LogP contribution in [0.2, 0.25) is 0 Å². The molecule has 0 amide bonds. The molecule has 0 aliphatic rings. The summed E-state index contributed by atoms with van der Waals surface area (Å²) < 4.78 is 38.8. The summed E-state index contributed by atoms with van der Waals surface area (Å²) >= 11 is 0. The minimum atomic E-state index is -4.31. The largest absolute Gasteiger partial charge is 0.416 e. The second-order valence-corrected chi connectivity index (χ2v) is 3.93. The van der Waals surface area contributed by atoms with Gasteiger partial charge in [-0.15, -0.1) is 0 Å². The Bertz CT molecular complexity index is 540. The lowest BCUT2D eigenvalue weighted by molar-refractivity contribution is -0.137. The van der Waals surface area contributed by atoms with Crippen LogP contribution in [0.5, 0.6) is 0 Å². The molecule has 0 fully saturated rings. The molecule has 2 aromatic rings. The molecular weight excluding hydrogens is 243 g/mol. The van der Waals surface area contributed by atoms with E-state index >= 15 is 0 Å². The zero-order chi connectivity index (χ0) is 13.2. The summed E-state index contributed by atoms with van der Waals surface area (Å²) in [5.74, 6) is 0. The maximum absolute atomic E-state index is 12.4. The molecule has 0 unspecified atom stereocenters. The van der Waals surface area contributed by atoms with Gasteiger partial charge in [0.1, 0.15) is 0 Å². The summed E-state index contributed by atoms with van der Waals surface area (Å²) in [7, 11) is 0. The monoisotopic (exact) mass is 253 g/mol. The normalized spacial score (nSPS) is 11.5. The lowest BCUT2D eigenvalue weighted by atomic mass is 10.1. The highest BCUT2D eigenvalue weighted by molar-refractivity contribution is 5.74. The van der Waals surface area contributed by atoms with E-state index in [4.69, 9.17) is 0 Å². The van der Waals surface area contributed by atoms with Gasteiger partial charge in [0.15, 0.2) is 6.29 Å². The van der Waals surface area contributed by atoms with Crippen LogP contribution in [0.25, 0.3) is 0 Å². The van der Waals surface area contributed by atoms with Gasteiger partial charge in [-0.2, -0.15) is 13.2 Å². The second-order valence-electron chi connectivity index (χ2n) is 3.93. The number of carbonyl (C=O) groups excluding carboxylic acids is 1. The van der Waals surface area contributed by atoms with Crippen LogP contribution in [-0.4, -0.2) is 10.9 Å². The summed E-state index contributed by atoms with van der Waals surface area (Å²) in [6.07, 6.45) is -0.230. The lowest BCUT2D eigenvalue weighted by Crippen LogP contribution is -2.05. The van der Waals surface area contributed by atoms with E-state index in [1.807, 2.05) is 0 Å². The van der Waals surface area contributed by atoms with Crippen molar-refractivity contribution in [3.63, 3.8) is 0 Å². The Balaban J connectivity index is 2.13. The van der Waals surface area contributed by atoms with Crippen molar-refractivity contribution in [2.45, 2.75) is 12.7 Å². The molecule has 0 radical (unpaired) electrons. The molecule has 0 aliphatic heterocycles. The standard InChI is InChI=1S/C13H10F3NO/c14-13(15,16)12-3-1-10(2-4-12)7-17-6-5-11(8-17)9-18/h1-6,8-9H,7H2. The molecule has 2 nitrogen and oxygen atoms in total. The third-order valence-corrected chi connectivity index (χ3v) is 2.56. The number of alkyl halides is 3. The van der Waals surface area contributed by atoms with Gasteiger partial charge in [-0.1, -0.05) is 12.1 Å². The molecule has 0 N–H and O–H groups in total. The number of rotatable bonds is 3. The highest BCUT2D eigenvalue weighted by Crippen LogP contribution is 2.29. The van der Waals surface area contributed by atoms with Crippen LogP contribution >= 0.6 is 0 Å². The fraction of sp³-hybridized carbons (Fsp3) is 0.154. The molecule has 0 spiro atoms. The van der Waals surface area contributed by atoms with Gasteiger partial charge in [-0.05, 0) is 23.8 Å². The Morgan fingerprint density at radius 3 is 2.28 bits per heavy atom. The van der Waals surface area contributed by atoms with Crippen LogP contribution in [-0.2, 0) is 12.7 Å². The van der Waals surface area contributed by atoms with Gasteiger partial charge in [0.05, 0.1) is 5.56 Å². The number of aromatic nitrogens is 1.